The van der Waals surface area contributed by atoms with E-state index in [2.05, 4.69) is 31.4 Å². The number of halogens is 1. The Balaban J connectivity index is 1.59. The molecule has 9 nitrogen and oxygen atoms in total. The monoisotopic (exact) mass is 481 g/mol. The van der Waals surface area contributed by atoms with Crippen LogP contribution in [0.1, 0.15) is 10.4 Å². The zero-order valence-corrected chi connectivity index (χ0v) is 17.9. The molecular weight excluding hydrogens is 466 g/mol. The Morgan fingerprint density at radius 1 is 1.13 bits per heavy atom. The molecule has 156 valence electrons. The van der Waals surface area contributed by atoms with Gasteiger partial charge in [-0.3, -0.25) is 9.59 Å². The largest absolute Gasteiger partial charge is 0.465 e. The molecular formula is C21H16BrN5O4. The van der Waals surface area contributed by atoms with E-state index in [1.807, 2.05) is 24.3 Å². The number of rotatable bonds is 5. The highest BCUT2D eigenvalue weighted by Gasteiger charge is 2.16. The van der Waals surface area contributed by atoms with E-state index in [9.17, 15) is 14.4 Å². The Morgan fingerprint density at radius 3 is 2.61 bits per heavy atom. The van der Waals surface area contributed by atoms with E-state index >= 15 is 0 Å². The van der Waals surface area contributed by atoms with Crippen LogP contribution in [0.25, 0.3) is 16.8 Å². The predicted octanol–water partition coefficient (Wildman–Crippen LogP) is 2.75. The van der Waals surface area contributed by atoms with Crippen molar-refractivity contribution in [3.63, 3.8) is 0 Å². The summed E-state index contributed by atoms with van der Waals surface area (Å²) in [5, 5.41) is 11.0. The Kier molecular flexibility index (Phi) is 5.63. The summed E-state index contributed by atoms with van der Waals surface area (Å²) >= 11 is 3.38. The molecule has 10 heteroatoms. The molecule has 1 N–H and O–H groups in total. The summed E-state index contributed by atoms with van der Waals surface area (Å²) in [5.74, 6) is -1.09. The highest BCUT2D eigenvalue weighted by molar-refractivity contribution is 9.10. The number of carbonyl (C=O) groups is 2. The molecule has 0 spiro atoms. The number of methoxy groups -OCH3 is 1. The smallest absolute Gasteiger partial charge is 0.339 e. The van der Waals surface area contributed by atoms with Gasteiger partial charge < -0.3 is 10.1 Å². The lowest BCUT2D eigenvalue weighted by molar-refractivity contribution is -0.117. The van der Waals surface area contributed by atoms with Crippen molar-refractivity contribution in [3.8, 4) is 11.3 Å². The van der Waals surface area contributed by atoms with Gasteiger partial charge in [-0.1, -0.05) is 40.2 Å². The van der Waals surface area contributed by atoms with Gasteiger partial charge in [-0.05, 0) is 30.3 Å². The van der Waals surface area contributed by atoms with Crippen LogP contribution in [0.3, 0.4) is 0 Å². The normalized spacial score (nSPS) is 10.8. The van der Waals surface area contributed by atoms with E-state index in [4.69, 9.17) is 4.74 Å². The van der Waals surface area contributed by atoms with E-state index in [-0.39, 0.29) is 23.3 Å². The highest BCUT2D eigenvalue weighted by Crippen LogP contribution is 2.21. The van der Waals surface area contributed by atoms with Gasteiger partial charge in [-0.25, -0.2) is 14.0 Å². The Morgan fingerprint density at radius 2 is 1.87 bits per heavy atom. The first-order valence-electron chi connectivity index (χ1n) is 9.15. The van der Waals surface area contributed by atoms with Crippen LogP contribution in [0.5, 0.6) is 0 Å². The number of benzene rings is 2. The highest BCUT2D eigenvalue weighted by atomic mass is 79.9. The molecule has 0 saturated heterocycles. The van der Waals surface area contributed by atoms with Gasteiger partial charge >= 0.3 is 5.97 Å². The first kappa shape index (κ1) is 20.5. The van der Waals surface area contributed by atoms with Crippen molar-refractivity contribution in [1.29, 1.82) is 0 Å². The van der Waals surface area contributed by atoms with Gasteiger partial charge in [0.25, 0.3) is 5.56 Å². The van der Waals surface area contributed by atoms with E-state index in [0.29, 0.717) is 5.69 Å². The minimum absolute atomic E-state index is 0.212. The molecule has 2 aromatic carbocycles. The van der Waals surface area contributed by atoms with Crippen LogP contribution in [-0.4, -0.2) is 38.4 Å². The Bertz CT molecular complexity index is 1340. The minimum Gasteiger partial charge on any atom is -0.465 e. The van der Waals surface area contributed by atoms with Crippen LogP contribution in [0.15, 0.2) is 70.2 Å². The van der Waals surface area contributed by atoms with Crippen LogP contribution in [0.4, 0.5) is 5.69 Å². The third kappa shape index (κ3) is 4.24. The van der Waals surface area contributed by atoms with Crippen LogP contribution in [0.2, 0.25) is 0 Å². The molecule has 0 saturated carbocycles. The van der Waals surface area contributed by atoms with Gasteiger partial charge in [0.2, 0.25) is 5.91 Å². The van der Waals surface area contributed by atoms with Crippen molar-refractivity contribution in [1.82, 2.24) is 19.4 Å². The van der Waals surface area contributed by atoms with Crippen molar-refractivity contribution in [2.45, 2.75) is 6.54 Å². The predicted molar refractivity (Wildman–Crippen MR) is 117 cm³/mol. The summed E-state index contributed by atoms with van der Waals surface area (Å²) in [6.45, 7) is -0.330. The molecule has 0 fully saturated rings. The summed E-state index contributed by atoms with van der Waals surface area (Å²) in [6, 6.07) is 15.6. The number of fused-ring (bicyclic) bond motifs is 1. The summed E-state index contributed by atoms with van der Waals surface area (Å²) < 4.78 is 8.07. The number of esters is 1. The summed E-state index contributed by atoms with van der Waals surface area (Å²) in [5.41, 5.74) is 1.78. The average molecular weight is 482 g/mol. The van der Waals surface area contributed by atoms with Crippen LogP contribution < -0.4 is 10.9 Å². The molecule has 2 heterocycles. The van der Waals surface area contributed by atoms with Gasteiger partial charge in [-0.15, -0.1) is 0 Å². The molecule has 1 amide bonds. The summed E-state index contributed by atoms with van der Waals surface area (Å²) in [4.78, 5) is 37.2. The maximum absolute atomic E-state index is 12.8. The number of nitrogens with zero attached hydrogens (tertiary/aromatic N) is 4. The number of nitrogens with one attached hydrogen (secondary N) is 1. The second-order valence-corrected chi connectivity index (χ2v) is 7.46. The molecule has 0 radical (unpaired) electrons. The topological polar surface area (TPSA) is 108 Å². The Labute approximate surface area is 184 Å². The number of ether oxygens (including phenoxy) is 1. The molecule has 31 heavy (non-hydrogen) atoms. The van der Waals surface area contributed by atoms with Gasteiger partial charge in [0.1, 0.15) is 18.4 Å². The molecule has 2 aromatic heterocycles. The van der Waals surface area contributed by atoms with Crippen molar-refractivity contribution < 1.29 is 14.3 Å². The standard InChI is InChI=1S/C21H16BrN5O4/c1-31-21(30)15-4-2-3-5-16(15)24-19(28)11-26-20(29)18-10-17(25-27(18)12-23-26)13-6-8-14(22)9-7-13/h2-10,12H,11H2,1H3,(H,24,28). The quantitative estimate of drug-likeness (QED) is 0.439. The molecule has 0 bridgehead atoms. The lowest BCUT2D eigenvalue weighted by Crippen LogP contribution is -2.31. The van der Waals surface area contributed by atoms with Gasteiger partial charge in [0, 0.05) is 10.0 Å². The fourth-order valence-electron chi connectivity index (χ4n) is 3.02. The van der Waals surface area contributed by atoms with Crippen molar-refractivity contribution in [3.05, 3.63) is 81.3 Å². The Hall–Kier alpha value is -3.79. The van der Waals surface area contributed by atoms with Crippen molar-refractivity contribution in [2.24, 2.45) is 0 Å². The maximum atomic E-state index is 12.8. The van der Waals surface area contributed by atoms with Crippen LogP contribution >= 0.6 is 15.9 Å². The third-order valence-electron chi connectivity index (χ3n) is 4.53. The minimum atomic E-state index is -0.577. The van der Waals surface area contributed by atoms with Crippen LogP contribution in [0, 0.1) is 0 Å². The number of aromatic nitrogens is 4. The first-order valence-corrected chi connectivity index (χ1v) is 9.94. The third-order valence-corrected chi connectivity index (χ3v) is 5.06. The molecule has 4 aromatic rings. The molecule has 0 unspecified atom stereocenters. The van der Waals surface area contributed by atoms with E-state index in [0.717, 1.165) is 14.7 Å². The van der Waals surface area contributed by atoms with E-state index in [1.165, 1.54) is 24.0 Å². The van der Waals surface area contributed by atoms with Gasteiger partial charge in [-0.2, -0.15) is 10.2 Å². The average Bonchev–Trinajstić information content (AvgIpc) is 3.21. The van der Waals surface area contributed by atoms with Crippen molar-refractivity contribution >= 4 is 39.0 Å². The molecule has 0 aliphatic carbocycles. The number of anilines is 1. The molecule has 0 atom stereocenters. The SMILES string of the molecule is COC(=O)c1ccccc1NC(=O)Cn1ncn2nc(-c3ccc(Br)cc3)cc2c1=O. The number of hydrogen-bond acceptors (Lipinski definition) is 6. The summed E-state index contributed by atoms with van der Waals surface area (Å²) in [7, 11) is 1.26. The van der Waals surface area contributed by atoms with E-state index < -0.39 is 17.4 Å². The van der Waals surface area contributed by atoms with Crippen LogP contribution in [-0.2, 0) is 16.1 Å². The second kappa shape index (κ2) is 8.52. The van der Waals surface area contributed by atoms with E-state index in [1.54, 1.807) is 24.3 Å². The molecule has 0 aliphatic rings. The molecule has 4 rings (SSSR count). The first-order chi connectivity index (χ1) is 15.0. The van der Waals surface area contributed by atoms with Crippen molar-refractivity contribution in [2.75, 3.05) is 12.4 Å². The lowest BCUT2D eigenvalue weighted by Gasteiger charge is -2.10. The second-order valence-electron chi connectivity index (χ2n) is 6.55. The summed E-state index contributed by atoms with van der Waals surface area (Å²) in [6.07, 6.45) is 1.37. The number of para-hydroxylation sites is 1. The lowest BCUT2D eigenvalue weighted by atomic mass is 10.1. The fraction of sp³-hybridized carbons (Fsp3) is 0.0952. The zero-order chi connectivity index (χ0) is 22.0. The molecule has 0 aliphatic heterocycles. The van der Waals surface area contributed by atoms with Gasteiger partial charge in [0.15, 0.2) is 0 Å². The fourth-order valence-corrected chi connectivity index (χ4v) is 3.28. The maximum Gasteiger partial charge on any atom is 0.339 e. The zero-order valence-electron chi connectivity index (χ0n) is 16.3. The number of amides is 1. The number of hydrogen-bond donors (Lipinski definition) is 1. The van der Waals surface area contributed by atoms with Gasteiger partial charge in [0.05, 0.1) is 24.1 Å². The number of carbonyl (C=O) groups excluding carboxylic acids is 2.